The van der Waals surface area contributed by atoms with Crippen LogP contribution in [0.3, 0.4) is 0 Å². The molecule has 1 aliphatic rings. The summed E-state index contributed by atoms with van der Waals surface area (Å²) in [6.45, 7) is 1.38. The number of amides is 1. The highest BCUT2D eigenvalue weighted by Crippen LogP contribution is 2.26. The Morgan fingerprint density at radius 2 is 1.92 bits per heavy atom. The van der Waals surface area contributed by atoms with Crippen molar-refractivity contribution < 1.29 is 9.21 Å². The largest absolute Gasteiger partial charge is 0.464 e. The van der Waals surface area contributed by atoms with Crippen LogP contribution < -0.4 is 5.73 Å². The van der Waals surface area contributed by atoms with Gasteiger partial charge in [-0.2, -0.15) is 0 Å². The van der Waals surface area contributed by atoms with Crippen molar-refractivity contribution in [3.05, 3.63) is 48.5 Å². The lowest BCUT2D eigenvalue weighted by Gasteiger charge is -2.30. The van der Waals surface area contributed by atoms with Gasteiger partial charge in [-0.05, 0) is 25.0 Å². The Balaban J connectivity index is 1.59. The molecule has 6 heteroatoms. The second kappa shape index (κ2) is 6.05. The number of furan rings is 1. The number of hydrogen-bond donors (Lipinski definition) is 1. The normalized spacial score (nSPS) is 15.8. The Kier molecular flexibility index (Phi) is 3.74. The molecule has 2 N–H and O–H groups in total. The minimum atomic E-state index is -0.0374. The van der Waals surface area contributed by atoms with Gasteiger partial charge in [-0.25, -0.2) is 9.97 Å². The molecule has 1 aromatic carbocycles. The highest BCUT2D eigenvalue weighted by atomic mass is 16.3. The lowest BCUT2D eigenvalue weighted by molar-refractivity contribution is 0.0714. The predicted molar refractivity (Wildman–Crippen MR) is 90.4 cm³/mol. The Bertz CT molecular complexity index is 864. The minimum absolute atomic E-state index is 0.0374. The first kappa shape index (κ1) is 14.8. The number of carbonyl (C=O) groups is 1. The molecule has 0 saturated carbocycles. The monoisotopic (exact) mass is 322 g/mol. The lowest BCUT2D eigenvalue weighted by Crippen LogP contribution is -2.42. The van der Waals surface area contributed by atoms with Crippen LogP contribution in [0.2, 0.25) is 0 Å². The van der Waals surface area contributed by atoms with E-state index >= 15 is 0 Å². The molecule has 0 unspecified atom stereocenters. The molecule has 0 spiro atoms. The van der Waals surface area contributed by atoms with Gasteiger partial charge >= 0.3 is 0 Å². The first-order valence-electron chi connectivity index (χ1n) is 8.06. The molecule has 0 aliphatic carbocycles. The number of para-hydroxylation sites is 1. The second-order valence-electron chi connectivity index (χ2n) is 6.07. The van der Waals surface area contributed by atoms with Crippen LogP contribution in [0.5, 0.6) is 0 Å². The number of fused-ring (bicyclic) bond motifs is 1. The third-order valence-electron chi connectivity index (χ3n) is 4.45. The van der Waals surface area contributed by atoms with Gasteiger partial charge in [0, 0.05) is 36.9 Å². The summed E-state index contributed by atoms with van der Waals surface area (Å²) in [4.78, 5) is 23.1. The SMILES string of the molecule is NC1CCN(C(=O)c2cnc(-c3cccc4ccoc34)nc2)CC1. The molecule has 2 aromatic heterocycles. The van der Waals surface area contributed by atoms with Gasteiger partial charge in [-0.15, -0.1) is 0 Å². The van der Waals surface area contributed by atoms with Gasteiger partial charge in [0.25, 0.3) is 5.91 Å². The van der Waals surface area contributed by atoms with E-state index < -0.39 is 0 Å². The average Bonchev–Trinajstić information content (AvgIpc) is 3.11. The molecular weight excluding hydrogens is 304 g/mol. The van der Waals surface area contributed by atoms with E-state index in [9.17, 15) is 4.79 Å². The third kappa shape index (κ3) is 2.65. The van der Waals surface area contributed by atoms with E-state index in [4.69, 9.17) is 10.2 Å². The summed E-state index contributed by atoms with van der Waals surface area (Å²) < 4.78 is 5.52. The molecule has 3 aromatic rings. The standard InChI is InChI=1S/C18H18N4O2/c19-14-4-7-22(8-5-14)18(23)13-10-20-17(21-11-13)15-3-1-2-12-6-9-24-16(12)15/h1-3,6,9-11,14H,4-5,7-8,19H2. The van der Waals surface area contributed by atoms with Gasteiger partial charge in [0.1, 0.15) is 5.58 Å². The van der Waals surface area contributed by atoms with Crippen LogP contribution in [-0.2, 0) is 0 Å². The molecule has 4 rings (SSSR count). The van der Waals surface area contributed by atoms with Crippen LogP contribution in [0, 0.1) is 0 Å². The second-order valence-corrected chi connectivity index (χ2v) is 6.07. The molecule has 0 bridgehead atoms. The molecule has 0 atom stereocenters. The van der Waals surface area contributed by atoms with Crippen molar-refractivity contribution >= 4 is 16.9 Å². The third-order valence-corrected chi connectivity index (χ3v) is 4.45. The maximum atomic E-state index is 12.5. The summed E-state index contributed by atoms with van der Waals surface area (Å²) in [5, 5.41) is 1.00. The van der Waals surface area contributed by atoms with Gasteiger partial charge in [-0.3, -0.25) is 4.79 Å². The molecule has 1 aliphatic heterocycles. The molecule has 0 radical (unpaired) electrons. The minimum Gasteiger partial charge on any atom is -0.464 e. The zero-order valence-electron chi connectivity index (χ0n) is 13.2. The summed E-state index contributed by atoms with van der Waals surface area (Å²) in [5.74, 6) is 0.512. The highest BCUT2D eigenvalue weighted by Gasteiger charge is 2.22. The molecule has 1 fully saturated rings. The Labute approximate surface area is 139 Å². The van der Waals surface area contributed by atoms with Crippen molar-refractivity contribution in [1.29, 1.82) is 0 Å². The summed E-state index contributed by atoms with van der Waals surface area (Å²) in [6, 6.07) is 7.92. The molecule has 6 nitrogen and oxygen atoms in total. The van der Waals surface area contributed by atoms with Crippen LogP contribution in [0.4, 0.5) is 0 Å². The maximum Gasteiger partial charge on any atom is 0.256 e. The Morgan fingerprint density at radius 3 is 2.67 bits per heavy atom. The molecule has 1 amide bonds. The number of nitrogens with two attached hydrogens (primary N) is 1. The van der Waals surface area contributed by atoms with E-state index in [1.807, 2.05) is 29.2 Å². The van der Waals surface area contributed by atoms with Crippen LogP contribution in [-0.4, -0.2) is 39.9 Å². The van der Waals surface area contributed by atoms with Crippen molar-refractivity contribution in [2.75, 3.05) is 13.1 Å². The van der Waals surface area contributed by atoms with Crippen molar-refractivity contribution in [3.63, 3.8) is 0 Å². The number of rotatable bonds is 2. The van der Waals surface area contributed by atoms with E-state index in [1.165, 1.54) is 0 Å². The van der Waals surface area contributed by atoms with E-state index in [2.05, 4.69) is 9.97 Å². The molecule has 122 valence electrons. The van der Waals surface area contributed by atoms with Gasteiger partial charge in [0.15, 0.2) is 5.82 Å². The molecule has 3 heterocycles. The Hall–Kier alpha value is -2.73. The van der Waals surface area contributed by atoms with Crippen LogP contribution in [0.15, 0.2) is 47.3 Å². The van der Waals surface area contributed by atoms with Crippen LogP contribution in [0.1, 0.15) is 23.2 Å². The van der Waals surface area contributed by atoms with E-state index in [1.54, 1.807) is 18.7 Å². The summed E-state index contributed by atoms with van der Waals surface area (Å²) in [7, 11) is 0. The van der Waals surface area contributed by atoms with Crippen molar-refractivity contribution in [1.82, 2.24) is 14.9 Å². The highest BCUT2D eigenvalue weighted by molar-refractivity contribution is 5.94. The Morgan fingerprint density at radius 1 is 1.17 bits per heavy atom. The number of likely N-dealkylation sites (tertiary alicyclic amines) is 1. The molecular formula is C18H18N4O2. The zero-order valence-corrected chi connectivity index (χ0v) is 13.2. The topological polar surface area (TPSA) is 85.2 Å². The van der Waals surface area contributed by atoms with E-state index in [0.717, 1.165) is 29.4 Å². The van der Waals surface area contributed by atoms with Crippen molar-refractivity contribution in [3.8, 4) is 11.4 Å². The van der Waals surface area contributed by atoms with Gasteiger partial charge < -0.3 is 15.1 Å². The number of carbonyl (C=O) groups excluding carboxylic acids is 1. The quantitative estimate of drug-likeness (QED) is 0.783. The van der Waals surface area contributed by atoms with Crippen molar-refractivity contribution in [2.45, 2.75) is 18.9 Å². The summed E-state index contributed by atoms with van der Waals surface area (Å²) in [6.07, 6.45) is 6.49. The van der Waals surface area contributed by atoms with Gasteiger partial charge in [0.2, 0.25) is 0 Å². The predicted octanol–water partition coefficient (Wildman–Crippen LogP) is 2.45. The molecule has 1 saturated heterocycles. The molecule has 24 heavy (non-hydrogen) atoms. The number of aromatic nitrogens is 2. The number of hydrogen-bond acceptors (Lipinski definition) is 5. The summed E-state index contributed by atoms with van der Waals surface area (Å²) >= 11 is 0. The average molecular weight is 322 g/mol. The van der Waals surface area contributed by atoms with Gasteiger partial charge in [0.05, 0.1) is 17.4 Å². The fourth-order valence-electron chi connectivity index (χ4n) is 3.03. The van der Waals surface area contributed by atoms with E-state index in [0.29, 0.717) is 24.5 Å². The summed E-state index contributed by atoms with van der Waals surface area (Å²) in [5.41, 5.74) is 7.96. The van der Waals surface area contributed by atoms with Crippen LogP contribution in [0.25, 0.3) is 22.4 Å². The van der Waals surface area contributed by atoms with Crippen LogP contribution >= 0.6 is 0 Å². The number of piperidine rings is 1. The van der Waals surface area contributed by atoms with E-state index in [-0.39, 0.29) is 11.9 Å². The van der Waals surface area contributed by atoms with Gasteiger partial charge in [-0.1, -0.05) is 12.1 Å². The zero-order chi connectivity index (χ0) is 16.5. The smallest absolute Gasteiger partial charge is 0.256 e. The van der Waals surface area contributed by atoms with Crippen molar-refractivity contribution in [2.24, 2.45) is 5.73 Å². The first-order chi connectivity index (χ1) is 11.7. The fraction of sp³-hybridized carbons (Fsp3) is 0.278. The fourth-order valence-corrected chi connectivity index (χ4v) is 3.03. The maximum absolute atomic E-state index is 12.5. The number of benzene rings is 1. The lowest BCUT2D eigenvalue weighted by atomic mass is 10.1. The first-order valence-corrected chi connectivity index (χ1v) is 8.06. The number of nitrogens with zero attached hydrogens (tertiary/aromatic N) is 3.